The fourth-order valence-corrected chi connectivity index (χ4v) is 2.22. The minimum Gasteiger partial charge on any atom is -0.324 e. The fraction of sp³-hybridized carbons (Fsp3) is 0.235. The molecular weight excluding hydrogens is 234 g/mol. The van der Waals surface area contributed by atoms with Crippen LogP contribution in [0.25, 0.3) is 11.1 Å². The van der Waals surface area contributed by atoms with E-state index in [-0.39, 0.29) is 12.3 Å². The van der Waals surface area contributed by atoms with Crippen molar-refractivity contribution < 1.29 is 4.79 Å². The summed E-state index contributed by atoms with van der Waals surface area (Å²) in [6.45, 7) is 4.37. The molecule has 0 radical (unpaired) electrons. The maximum atomic E-state index is 11.8. The van der Waals surface area contributed by atoms with Crippen LogP contribution in [-0.4, -0.2) is 12.3 Å². The second-order valence-corrected chi connectivity index (χ2v) is 4.95. The highest BCUT2D eigenvalue weighted by Crippen LogP contribution is 2.30. The van der Waals surface area contributed by atoms with Gasteiger partial charge in [0.05, 0.1) is 6.54 Å². The van der Waals surface area contributed by atoms with E-state index in [1.54, 1.807) is 0 Å². The van der Waals surface area contributed by atoms with Gasteiger partial charge >= 0.3 is 0 Å². The van der Waals surface area contributed by atoms with Crippen LogP contribution in [0.15, 0.2) is 48.5 Å². The molecule has 2 N–H and O–H groups in total. The van der Waals surface area contributed by atoms with Crippen molar-refractivity contribution in [3.63, 3.8) is 0 Å². The molecule has 0 unspecified atom stereocenters. The Labute approximate surface area is 114 Å². The quantitative estimate of drug-likeness (QED) is 0.846. The Kier molecular flexibility index (Phi) is 4.13. The SMILES string of the molecule is CC(C)c1ccc(C(=O)CN)cc1-c1ccccc1. The molecule has 0 bridgehead atoms. The minimum atomic E-state index is -0.0208. The van der Waals surface area contributed by atoms with Crippen molar-refractivity contribution >= 4 is 5.78 Å². The van der Waals surface area contributed by atoms with E-state index in [0.29, 0.717) is 11.5 Å². The average Bonchev–Trinajstić information content (AvgIpc) is 2.46. The summed E-state index contributed by atoms with van der Waals surface area (Å²) in [6, 6.07) is 16.0. The molecule has 2 aromatic rings. The molecule has 2 rings (SSSR count). The zero-order chi connectivity index (χ0) is 13.8. The highest BCUT2D eigenvalue weighted by atomic mass is 16.1. The molecule has 2 heteroatoms. The summed E-state index contributed by atoms with van der Waals surface area (Å²) >= 11 is 0. The molecule has 0 atom stereocenters. The number of Topliss-reactive ketones (excluding diaryl/α,β-unsaturated/α-hetero) is 1. The molecule has 19 heavy (non-hydrogen) atoms. The number of benzene rings is 2. The van der Waals surface area contributed by atoms with Gasteiger partial charge in [-0.05, 0) is 28.7 Å². The van der Waals surface area contributed by atoms with Gasteiger partial charge in [0.2, 0.25) is 0 Å². The first kappa shape index (κ1) is 13.5. The van der Waals surface area contributed by atoms with Crippen molar-refractivity contribution in [3.8, 4) is 11.1 Å². The summed E-state index contributed by atoms with van der Waals surface area (Å²) in [5, 5.41) is 0. The van der Waals surface area contributed by atoms with Gasteiger partial charge in [0.25, 0.3) is 0 Å². The Morgan fingerprint density at radius 3 is 2.37 bits per heavy atom. The summed E-state index contributed by atoms with van der Waals surface area (Å²) in [4.78, 5) is 11.8. The van der Waals surface area contributed by atoms with Crippen molar-refractivity contribution in [3.05, 3.63) is 59.7 Å². The Morgan fingerprint density at radius 1 is 1.11 bits per heavy atom. The first-order valence-corrected chi connectivity index (χ1v) is 6.56. The monoisotopic (exact) mass is 253 g/mol. The molecule has 98 valence electrons. The third-order valence-corrected chi connectivity index (χ3v) is 3.27. The summed E-state index contributed by atoms with van der Waals surface area (Å²) in [5.74, 6) is 0.393. The zero-order valence-corrected chi connectivity index (χ0v) is 11.4. The summed E-state index contributed by atoms with van der Waals surface area (Å²) in [7, 11) is 0. The van der Waals surface area contributed by atoms with E-state index in [1.807, 2.05) is 36.4 Å². The largest absolute Gasteiger partial charge is 0.324 e. The number of carbonyl (C=O) groups excluding carboxylic acids is 1. The van der Waals surface area contributed by atoms with Gasteiger partial charge in [-0.2, -0.15) is 0 Å². The number of carbonyl (C=O) groups is 1. The summed E-state index contributed by atoms with van der Waals surface area (Å²) in [6.07, 6.45) is 0. The van der Waals surface area contributed by atoms with Crippen LogP contribution in [0.2, 0.25) is 0 Å². The molecular formula is C17H19NO. The van der Waals surface area contributed by atoms with Crippen LogP contribution in [0.5, 0.6) is 0 Å². The van der Waals surface area contributed by atoms with Gasteiger partial charge in [0, 0.05) is 5.56 Å². The van der Waals surface area contributed by atoms with Crippen LogP contribution < -0.4 is 5.73 Å². The van der Waals surface area contributed by atoms with Gasteiger partial charge in [-0.3, -0.25) is 4.79 Å². The fourth-order valence-electron chi connectivity index (χ4n) is 2.22. The lowest BCUT2D eigenvalue weighted by atomic mass is 9.90. The van der Waals surface area contributed by atoms with E-state index >= 15 is 0 Å². The topological polar surface area (TPSA) is 43.1 Å². The van der Waals surface area contributed by atoms with Crippen LogP contribution in [0.3, 0.4) is 0 Å². The van der Waals surface area contributed by atoms with Crippen molar-refractivity contribution in [1.29, 1.82) is 0 Å². The molecule has 0 heterocycles. The second-order valence-electron chi connectivity index (χ2n) is 4.95. The number of nitrogens with two attached hydrogens (primary N) is 1. The van der Waals surface area contributed by atoms with Crippen LogP contribution in [0.4, 0.5) is 0 Å². The third-order valence-electron chi connectivity index (χ3n) is 3.27. The predicted molar refractivity (Wildman–Crippen MR) is 79.4 cm³/mol. The van der Waals surface area contributed by atoms with Crippen LogP contribution in [0, 0.1) is 0 Å². The molecule has 0 aliphatic heterocycles. The van der Waals surface area contributed by atoms with Gasteiger partial charge in [-0.25, -0.2) is 0 Å². The molecule has 0 saturated heterocycles. The smallest absolute Gasteiger partial charge is 0.176 e. The molecule has 0 saturated carbocycles. The molecule has 2 aromatic carbocycles. The molecule has 0 aromatic heterocycles. The van der Waals surface area contributed by atoms with Gasteiger partial charge in [-0.1, -0.05) is 56.3 Å². The maximum absolute atomic E-state index is 11.8. The standard InChI is InChI=1S/C17H19NO/c1-12(2)15-9-8-14(17(19)11-18)10-16(15)13-6-4-3-5-7-13/h3-10,12H,11,18H2,1-2H3. The van der Waals surface area contributed by atoms with E-state index in [0.717, 1.165) is 11.1 Å². The van der Waals surface area contributed by atoms with Gasteiger partial charge in [0.1, 0.15) is 0 Å². The highest BCUT2D eigenvalue weighted by molar-refractivity contribution is 5.98. The Hall–Kier alpha value is -1.93. The Morgan fingerprint density at radius 2 is 1.79 bits per heavy atom. The molecule has 0 spiro atoms. The number of hydrogen-bond donors (Lipinski definition) is 1. The van der Waals surface area contributed by atoms with E-state index in [1.165, 1.54) is 5.56 Å². The Balaban J connectivity index is 2.58. The van der Waals surface area contributed by atoms with E-state index in [2.05, 4.69) is 26.0 Å². The van der Waals surface area contributed by atoms with E-state index in [9.17, 15) is 4.79 Å². The average molecular weight is 253 g/mol. The number of rotatable bonds is 4. The van der Waals surface area contributed by atoms with Crippen molar-refractivity contribution in [1.82, 2.24) is 0 Å². The van der Waals surface area contributed by atoms with Gasteiger partial charge in [-0.15, -0.1) is 0 Å². The number of ketones is 1. The van der Waals surface area contributed by atoms with Gasteiger partial charge in [0.15, 0.2) is 5.78 Å². The lowest BCUT2D eigenvalue weighted by Gasteiger charge is -2.14. The minimum absolute atomic E-state index is 0.0208. The van der Waals surface area contributed by atoms with Crippen molar-refractivity contribution in [2.45, 2.75) is 19.8 Å². The first-order valence-electron chi connectivity index (χ1n) is 6.56. The normalized spacial score (nSPS) is 10.7. The second kappa shape index (κ2) is 5.81. The van der Waals surface area contributed by atoms with Crippen molar-refractivity contribution in [2.75, 3.05) is 6.54 Å². The maximum Gasteiger partial charge on any atom is 0.176 e. The van der Waals surface area contributed by atoms with E-state index in [4.69, 9.17) is 5.73 Å². The summed E-state index contributed by atoms with van der Waals surface area (Å²) in [5.41, 5.74) is 9.63. The molecule has 0 aliphatic carbocycles. The highest BCUT2D eigenvalue weighted by Gasteiger charge is 2.12. The van der Waals surface area contributed by atoms with Crippen LogP contribution in [0.1, 0.15) is 35.7 Å². The zero-order valence-electron chi connectivity index (χ0n) is 11.4. The molecule has 0 amide bonds. The lowest BCUT2D eigenvalue weighted by Crippen LogP contribution is -2.13. The first-order chi connectivity index (χ1) is 9.13. The van der Waals surface area contributed by atoms with E-state index < -0.39 is 0 Å². The predicted octanol–water partition coefficient (Wildman–Crippen LogP) is 3.62. The Bertz CT molecular complexity index is 573. The molecule has 2 nitrogen and oxygen atoms in total. The lowest BCUT2D eigenvalue weighted by molar-refractivity contribution is 0.100. The summed E-state index contributed by atoms with van der Waals surface area (Å²) < 4.78 is 0. The third kappa shape index (κ3) is 2.91. The van der Waals surface area contributed by atoms with Crippen LogP contribution in [-0.2, 0) is 0 Å². The van der Waals surface area contributed by atoms with Gasteiger partial charge < -0.3 is 5.73 Å². The molecule has 0 fully saturated rings. The molecule has 0 aliphatic rings. The van der Waals surface area contributed by atoms with Crippen LogP contribution >= 0.6 is 0 Å². The number of hydrogen-bond acceptors (Lipinski definition) is 2. The van der Waals surface area contributed by atoms with Crippen molar-refractivity contribution in [2.24, 2.45) is 5.73 Å².